The van der Waals surface area contributed by atoms with Gasteiger partial charge in [-0.1, -0.05) is 12.1 Å². The standard InChI is InChI=1S/C21H23FN6O/c1-14-9-15(2)28(26-14)20-10-19(24-13-25-20)27-11-17(12-27)21(29)23-8-7-16-3-5-18(22)6-4-16/h3-6,9-10,13,17H,7-8,11-12H2,1-2H3,(H,23,29). The highest BCUT2D eigenvalue weighted by atomic mass is 19.1. The molecule has 1 fully saturated rings. The van der Waals surface area contributed by atoms with E-state index < -0.39 is 0 Å². The lowest BCUT2D eigenvalue weighted by atomic mass is 9.99. The zero-order valence-corrected chi connectivity index (χ0v) is 16.5. The Morgan fingerprint density at radius 2 is 1.86 bits per heavy atom. The van der Waals surface area contributed by atoms with Crippen molar-refractivity contribution in [3.63, 3.8) is 0 Å². The van der Waals surface area contributed by atoms with Gasteiger partial charge in [0.15, 0.2) is 5.82 Å². The van der Waals surface area contributed by atoms with Crippen LogP contribution in [0, 0.1) is 25.6 Å². The van der Waals surface area contributed by atoms with Gasteiger partial charge in [-0.3, -0.25) is 4.79 Å². The number of anilines is 1. The number of halogens is 1. The summed E-state index contributed by atoms with van der Waals surface area (Å²) in [6, 6.07) is 10.2. The van der Waals surface area contributed by atoms with E-state index >= 15 is 0 Å². The van der Waals surface area contributed by atoms with Crippen molar-refractivity contribution in [2.24, 2.45) is 5.92 Å². The van der Waals surface area contributed by atoms with Gasteiger partial charge >= 0.3 is 0 Å². The zero-order chi connectivity index (χ0) is 20.4. The van der Waals surface area contributed by atoms with Crippen LogP contribution in [0.5, 0.6) is 0 Å². The number of hydrogen-bond donors (Lipinski definition) is 1. The Bertz CT molecular complexity index is 1010. The van der Waals surface area contributed by atoms with Crippen molar-refractivity contribution >= 4 is 11.7 Å². The fourth-order valence-corrected chi connectivity index (χ4v) is 3.44. The Kier molecular flexibility index (Phi) is 5.24. The molecule has 0 spiro atoms. The third-order valence-electron chi connectivity index (χ3n) is 5.07. The van der Waals surface area contributed by atoms with Gasteiger partial charge in [0, 0.05) is 31.4 Å². The van der Waals surface area contributed by atoms with Gasteiger partial charge < -0.3 is 10.2 Å². The summed E-state index contributed by atoms with van der Waals surface area (Å²) >= 11 is 0. The number of aryl methyl sites for hydroxylation is 2. The molecule has 29 heavy (non-hydrogen) atoms. The van der Waals surface area contributed by atoms with Crippen molar-refractivity contribution in [3.05, 3.63) is 65.5 Å². The van der Waals surface area contributed by atoms with Crippen LogP contribution < -0.4 is 10.2 Å². The minimum Gasteiger partial charge on any atom is -0.355 e. The Hall–Kier alpha value is -3.29. The molecule has 8 heteroatoms. The largest absolute Gasteiger partial charge is 0.355 e. The first-order valence-electron chi connectivity index (χ1n) is 9.62. The molecule has 3 heterocycles. The molecule has 150 valence electrons. The number of carbonyl (C=O) groups is 1. The molecule has 7 nitrogen and oxygen atoms in total. The highest BCUT2D eigenvalue weighted by Gasteiger charge is 2.33. The van der Waals surface area contributed by atoms with Crippen LogP contribution in [0.4, 0.5) is 10.2 Å². The van der Waals surface area contributed by atoms with E-state index in [1.807, 2.05) is 26.0 Å². The summed E-state index contributed by atoms with van der Waals surface area (Å²) in [7, 11) is 0. The molecule has 4 rings (SSSR count). The maximum atomic E-state index is 12.9. The van der Waals surface area contributed by atoms with Gasteiger partial charge in [0.25, 0.3) is 0 Å². The van der Waals surface area contributed by atoms with Crippen LogP contribution in [0.2, 0.25) is 0 Å². The molecule has 1 aromatic carbocycles. The SMILES string of the molecule is Cc1cc(C)n(-c2cc(N3CC(C(=O)NCCc4ccc(F)cc4)C3)ncn2)n1. The summed E-state index contributed by atoms with van der Waals surface area (Å²) in [5.41, 5.74) is 2.94. The molecule has 1 saturated heterocycles. The Balaban J connectivity index is 1.29. The lowest BCUT2D eigenvalue weighted by Crippen LogP contribution is -2.54. The number of amides is 1. The van der Waals surface area contributed by atoms with Crippen LogP contribution >= 0.6 is 0 Å². The number of hydrogen-bond acceptors (Lipinski definition) is 5. The maximum absolute atomic E-state index is 12.9. The predicted molar refractivity (Wildman–Crippen MR) is 107 cm³/mol. The lowest BCUT2D eigenvalue weighted by Gasteiger charge is -2.39. The minimum atomic E-state index is -0.252. The minimum absolute atomic E-state index is 0.0381. The number of rotatable bonds is 6. The van der Waals surface area contributed by atoms with Gasteiger partial charge in [0.1, 0.15) is 18.0 Å². The third kappa shape index (κ3) is 4.26. The second kappa shape index (κ2) is 7.98. The van der Waals surface area contributed by atoms with Crippen molar-refractivity contribution in [2.45, 2.75) is 20.3 Å². The molecule has 1 aliphatic rings. The molecule has 0 saturated carbocycles. The molecule has 3 aromatic rings. The van der Waals surface area contributed by atoms with E-state index in [0.717, 1.165) is 22.8 Å². The maximum Gasteiger partial charge on any atom is 0.226 e. The van der Waals surface area contributed by atoms with E-state index in [1.54, 1.807) is 16.8 Å². The molecule has 0 atom stereocenters. The first kappa shape index (κ1) is 19.0. The summed E-state index contributed by atoms with van der Waals surface area (Å²) < 4.78 is 14.7. The Labute approximate surface area is 168 Å². The third-order valence-corrected chi connectivity index (χ3v) is 5.07. The zero-order valence-electron chi connectivity index (χ0n) is 16.5. The summed E-state index contributed by atoms with van der Waals surface area (Å²) in [5.74, 6) is 1.23. The van der Waals surface area contributed by atoms with E-state index in [2.05, 4.69) is 25.3 Å². The van der Waals surface area contributed by atoms with Crippen molar-refractivity contribution in [3.8, 4) is 5.82 Å². The van der Waals surface area contributed by atoms with Crippen LogP contribution in [0.1, 0.15) is 17.0 Å². The Morgan fingerprint density at radius 3 is 2.55 bits per heavy atom. The molecular weight excluding hydrogens is 371 g/mol. The fourth-order valence-electron chi connectivity index (χ4n) is 3.44. The smallest absolute Gasteiger partial charge is 0.226 e. The van der Waals surface area contributed by atoms with Gasteiger partial charge in [0.05, 0.1) is 11.6 Å². The van der Waals surface area contributed by atoms with Crippen LogP contribution in [0.15, 0.2) is 42.7 Å². The van der Waals surface area contributed by atoms with Gasteiger partial charge in [0.2, 0.25) is 5.91 Å². The summed E-state index contributed by atoms with van der Waals surface area (Å²) in [6.07, 6.45) is 2.21. The summed E-state index contributed by atoms with van der Waals surface area (Å²) in [4.78, 5) is 23.0. The molecule has 1 amide bonds. The number of nitrogens with zero attached hydrogens (tertiary/aromatic N) is 5. The first-order valence-corrected chi connectivity index (χ1v) is 9.62. The van der Waals surface area contributed by atoms with E-state index in [9.17, 15) is 9.18 Å². The molecule has 0 unspecified atom stereocenters. The van der Waals surface area contributed by atoms with Crippen LogP contribution in [0.3, 0.4) is 0 Å². The van der Waals surface area contributed by atoms with E-state index in [0.29, 0.717) is 31.9 Å². The first-order chi connectivity index (χ1) is 14.0. The Morgan fingerprint density at radius 1 is 1.14 bits per heavy atom. The average Bonchev–Trinajstić information content (AvgIpc) is 3.01. The lowest BCUT2D eigenvalue weighted by molar-refractivity contribution is -0.125. The predicted octanol–water partition coefficient (Wildman–Crippen LogP) is 2.21. The van der Waals surface area contributed by atoms with Gasteiger partial charge in [-0.15, -0.1) is 0 Å². The number of aromatic nitrogens is 4. The van der Waals surface area contributed by atoms with Crippen LogP contribution in [0.25, 0.3) is 5.82 Å². The number of benzene rings is 1. The van der Waals surface area contributed by atoms with Crippen molar-refractivity contribution < 1.29 is 9.18 Å². The molecule has 0 aliphatic carbocycles. The van der Waals surface area contributed by atoms with Crippen LogP contribution in [-0.4, -0.2) is 45.3 Å². The van der Waals surface area contributed by atoms with E-state index in [-0.39, 0.29) is 17.6 Å². The number of nitrogens with one attached hydrogen (secondary N) is 1. The molecule has 1 aliphatic heterocycles. The fraction of sp³-hybridized carbons (Fsp3) is 0.333. The van der Waals surface area contributed by atoms with Gasteiger partial charge in [-0.2, -0.15) is 5.10 Å². The number of carbonyl (C=O) groups excluding carboxylic acids is 1. The quantitative estimate of drug-likeness (QED) is 0.694. The van der Waals surface area contributed by atoms with Crippen molar-refractivity contribution in [1.82, 2.24) is 25.1 Å². The molecule has 0 radical (unpaired) electrons. The summed E-state index contributed by atoms with van der Waals surface area (Å²) in [5, 5.41) is 7.42. The highest BCUT2D eigenvalue weighted by molar-refractivity contribution is 5.81. The summed E-state index contributed by atoms with van der Waals surface area (Å²) in [6.45, 7) is 5.71. The molecular formula is C21H23FN6O. The second-order valence-corrected chi connectivity index (χ2v) is 7.34. The van der Waals surface area contributed by atoms with Gasteiger partial charge in [-0.05, 0) is 44.0 Å². The van der Waals surface area contributed by atoms with Crippen molar-refractivity contribution in [2.75, 3.05) is 24.5 Å². The monoisotopic (exact) mass is 394 g/mol. The topological polar surface area (TPSA) is 75.9 Å². The van der Waals surface area contributed by atoms with E-state index in [4.69, 9.17) is 0 Å². The van der Waals surface area contributed by atoms with Crippen molar-refractivity contribution in [1.29, 1.82) is 0 Å². The second-order valence-electron chi connectivity index (χ2n) is 7.34. The molecule has 1 N–H and O–H groups in total. The highest BCUT2D eigenvalue weighted by Crippen LogP contribution is 2.24. The molecule has 2 aromatic heterocycles. The van der Waals surface area contributed by atoms with E-state index in [1.165, 1.54) is 18.5 Å². The normalized spacial score (nSPS) is 14.0. The average molecular weight is 394 g/mol. The molecule has 0 bridgehead atoms. The van der Waals surface area contributed by atoms with Gasteiger partial charge in [-0.25, -0.2) is 19.0 Å². The van der Waals surface area contributed by atoms with Crippen LogP contribution in [-0.2, 0) is 11.2 Å².